The van der Waals surface area contributed by atoms with Gasteiger partial charge in [0, 0.05) is 31.4 Å². The van der Waals surface area contributed by atoms with Gasteiger partial charge in [-0.2, -0.15) is 0 Å². The van der Waals surface area contributed by atoms with Gasteiger partial charge < -0.3 is 15.5 Å². The number of rotatable bonds is 5. The summed E-state index contributed by atoms with van der Waals surface area (Å²) in [5.74, 6) is -0.206. The topological polar surface area (TPSA) is 44.4 Å². The molecule has 0 bridgehead atoms. The number of carbonyl (C=O) groups excluding carboxylic acids is 1. The number of likely N-dealkylation sites (N-methyl/N-ethyl adjacent to an activating group) is 1. The largest absolute Gasteiger partial charge is 0.359 e. The van der Waals surface area contributed by atoms with Crippen LogP contribution in [0.4, 0.5) is 10.1 Å². The van der Waals surface area contributed by atoms with Crippen LogP contribution < -0.4 is 15.5 Å². The van der Waals surface area contributed by atoms with Gasteiger partial charge in [0.05, 0.1) is 0 Å². The van der Waals surface area contributed by atoms with Crippen molar-refractivity contribution in [3.05, 3.63) is 29.6 Å². The maximum atomic E-state index is 14.2. The summed E-state index contributed by atoms with van der Waals surface area (Å²) in [6.07, 6.45) is 2.88. The lowest BCUT2D eigenvalue weighted by Crippen LogP contribution is -2.49. The van der Waals surface area contributed by atoms with Gasteiger partial charge in [-0.05, 0) is 37.9 Å². The van der Waals surface area contributed by atoms with Crippen LogP contribution in [0, 0.1) is 5.82 Å². The van der Waals surface area contributed by atoms with Crippen LogP contribution in [0.5, 0.6) is 0 Å². The van der Waals surface area contributed by atoms with E-state index in [0.717, 1.165) is 38.0 Å². The lowest BCUT2D eigenvalue weighted by molar-refractivity contribution is -0.122. The standard InChI is InChI=1S/C16H24FN3O/c1-3-19-11-12-13(17)7-6-9-14(12)20-10-5-4-8-15(20)16(21)18-2/h6-7,9,15,19H,3-5,8,10-11H2,1-2H3,(H,18,21). The van der Waals surface area contributed by atoms with Crippen molar-refractivity contribution in [2.24, 2.45) is 0 Å². The zero-order chi connectivity index (χ0) is 15.2. The molecule has 1 saturated heterocycles. The van der Waals surface area contributed by atoms with E-state index in [1.807, 2.05) is 13.0 Å². The molecule has 0 aromatic heterocycles. The van der Waals surface area contributed by atoms with Crippen molar-refractivity contribution in [1.82, 2.24) is 10.6 Å². The Labute approximate surface area is 125 Å². The van der Waals surface area contributed by atoms with Crippen molar-refractivity contribution in [2.75, 3.05) is 25.0 Å². The third-order valence-electron chi connectivity index (χ3n) is 4.01. The van der Waals surface area contributed by atoms with Gasteiger partial charge in [0.25, 0.3) is 0 Å². The van der Waals surface area contributed by atoms with Crippen LogP contribution >= 0.6 is 0 Å². The Morgan fingerprint density at radius 3 is 2.95 bits per heavy atom. The first-order valence-corrected chi connectivity index (χ1v) is 7.65. The number of hydrogen-bond acceptors (Lipinski definition) is 3. The molecule has 0 aliphatic carbocycles. The molecule has 1 unspecified atom stereocenters. The molecule has 21 heavy (non-hydrogen) atoms. The molecule has 0 radical (unpaired) electrons. The summed E-state index contributed by atoms with van der Waals surface area (Å²) in [5.41, 5.74) is 1.49. The number of amides is 1. The maximum Gasteiger partial charge on any atom is 0.242 e. The molecule has 2 N–H and O–H groups in total. The van der Waals surface area contributed by atoms with Crippen LogP contribution in [-0.4, -0.2) is 32.1 Å². The molecule has 2 rings (SSSR count). The van der Waals surface area contributed by atoms with Gasteiger partial charge in [-0.15, -0.1) is 0 Å². The summed E-state index contributed by atoms with van der Waals surface area (Å²) in [4.78, 5) is 14.2. The van der Waals surface area contributed by atoms with E-state index in [0.29, 0.717) is 12.1 Å². The zero-order valence-electron chi connectivity index (χ0n) is 12.8. The molecule has 4 nitrogen and oxygen atoms in total. The molecule has 1 atom stereocenters. The first-order valence-electron chi connectivity index (χ1n) is 7.65. The van der Waals surface area contributed by atoms with Crippen molar-refractivity contribution in [2.45, 2.75) is 38.8 Å². The van der Waals surface area contributed by atoms with Gasteiger partial charge in [-0.1, -0.05) is 13.0 Å². The van der Waals surface area contributed by atoms with E-state index in [9.17, 15) is 9.18 Å². The van der Waals surface area contributed by atoms with Crippen molar-refractivity contribution in [3.63, 3.8) is 0 Å². The highest BCUT2D eigenvalue weighted by Crippen LogP contribution is 2.29. The third kappa shape index (κ3) is 3.53. The van der Waals surface area contributed by atoms with Crippen LogP contribution in [0.25, 0.3) is 0 Å². The third-order valence-corrected chi connectivity index (χ3v) is 4.01. The molecule has 116 valence electrons. The van der Waals surface area contributed by atoms with Crippen LogP contribution in [0.1, 0.15) is 31.7 Å². The Morgan fingerprint density at radius 1 is 1.43 bits per heavy atom. The van der Waals surface area contributed by atoms with Crippen LogP contribution in [0.2, 0.25) is 0 Å². The minimum atomic E-state index is -0.213. The molecule has 1 aliphatic rings. The second-order valence-corrected chi connectivity index (χ2v) is 5.34. The Bertz CT molecular complexity index is 492. The minimum Gasteiger partial charge on any atom is -0.359 e. The summed E-state index contributed by atoms with van der Waals surface area (Å²) in [5, 5.41) is 5.90. The van der Waals surface area contributed by atoms with Crippen LogP contribution in [0.15, 0.2) is 18.2 Å². The van der Waals surface area contributed by atoms with Gasteiger partial charge in [0.1, 0.15) is 11.9 Å². The zero-order valence-corrected chi connectivity index (χ0v) is 12.8. The molecule has 1 aromatic carbocycles. The second kappa shape index (κ2) is 7.41. The highest BCUT2D eigenvalue weighted by atomic mass is 19.1. The van der Waals surface area contributed by atoms with Gasteiger partial charge in [-0.25, -0.2) is 4.39 Å². The van der Waals surface area contributed by atoms with Crippen molar-refractivity contribution < 1.29 is 9.18 Å². The molecular formula is C16H24FN3O. The summed E-state index contributed by atoms with van der Waals surface area (Å²) in [6, 6.07) is 4.91. The van der Waals surface area contributed by atoms with Crippen molar-refractivity contribution >= 4 is 11.6 Å². The first kappa shape index (κ1) is 15.8. The highest BCUT2D eigenvalue weighted by Gasteiger charge is 2.29. The summed E-state index contributed by atoms with van der Waals surface area (Å²) >= 11 is 0. The molecule has 0 saturated carbocycles. The van der Waals surface area contributed by atoms with Gasteiger partial charge in [-0.3, -0.25) is 4.79 Å². The number of nitrogens with zero attached hydrogens (tertiary/aromatic N) is 1. The Morgan fingerprint density at radius 2 is 2.24 bits per heavy atom. The second-order valence-electron chi connectivity index (χ2n) is 5.34. The Balaban J connectivity index is 2.33. The molecule has 1 aliphatic heterocycles. The predicted octanol–water partition coefficient (Wildman–Crippen LogP) is 2.04. The van der Waals surface area contributed by atoms with Crippen LogP contribution in [0.3, 0.4) is 0 Å². The predicted molar refractivity (Wildman–Crippen MR) is 82.8 cm³/mol. The number of hydrogen-bond donors (Lipinski definition) is 2. The smallest absolute Gasteiger partial charge is 0.242 e. The average molecular weight is 293 g/mol. The van der Waals surface area contributed by atoms with Gasteiger partial charge in [0.2, 0.25) is 5.91 Å². The number of piperidine rings is 1. The van der Waals surface area contributed by atoms with E-state index < -0.39 is 0 Å². The Kier molecular flexibility index (Phi) is 5.56. The monoisotopic (exact) mass is 293 g/mol. The lowest BCUT2D eigenvalue weighted by Gasteiger charge is -2.37. The SMILES string of the molecule is CCNCc1c(F)cccc1N1CCCCC1C(=O)NC. The van der Waals surface area contributed by atoms with E-state index in [-0.39, 0.29) is 17.8 Å². The number of benzene rings is 1. The lowest BCUT2D eigenvalue weighted by atomic mass is 9.98. The van der Waals surface area contributed by atoms with E-state index in [4.69, 9.17) is 0 Å². The summed E-state index contributed by atoms with van der Waals surface area (Å²) < 4.78 is 14.2. The minimum absolute atomic E-state index is 0.00774. The molecule has 5 heteroatoms. The molecule has 0 spiro atoms. The maximum absolute atomic E-state index is 14.2. The molecular weight excluding hydrogens is 269 g/mol. The number of anilines is 1. The normalized spacial score (nSPS) is 18.6. The Hall–Kier alpha value is -1.62. The number of nitrogens with one attached hydrogen (secondary N) is 2. The summed E-state index contributed by atoms with van der Waals surface area (Å²) in [7, 11) is 1.65. The molecule has 1 aromatic rings. The van der Waals surface area contributed by atoms with E-state index >= 15 is 0 Å². The fraction of sp³-hybridized carbons (Fsp3) is 0.562. The highest BCUT2D eigenvalue weighted by molar-refractivity contribution is 5.85. The fourth-order valence-corrected chi connectivity index (χ4v) is 2.90. The number of halogens is 1. The average Bonchev–Trinajstić information content (AvgIpc) is 2.53. The van der Waals surface area contributed by atoms with Crippen molar-refractivity contribution in [1.29, 1.82) is 0 Å². The molecule has 1 amide bonds. The first-order chi connectivity index (χ1) is 10.2. The number of carbonyl (C=O) groups is 1. The van der Waals surface area contributed by atoms with Gasteiger partial charge >= 0.3 is 0 Å². The van der Waals surface area contributed by atoms with Gasteiger partial charge in [0.15, 0.2) is 0 Å². The molecule has 1 heterocycles. The quantitative estimate of drug-likeness (QED) is 0.873. The van der Waals surface area contributed by atoms with Crippen LogP contribution in [-0.2, 0) is 11.3 Å². The van der Waals surface area contributed by atoms with E-state index in [1.165, 1.54) is 6.07 Å². The fourth-order valence-electron chi connectivity index (χ4n) is 2.90. The summed E-state index contributed by atoms with van der Waals surface area (Å²) in [6.45, 7) is 4.05. The van der Waals surface area contributed by atoms with E-state index in [1.54, 1.807) is 13.1 Å². The van der Waals surface area contributed by atoms with E-state index in [2.05, 4.69) is 15.5 Å². The molecule has 1 fully saturated rings. The van der Waals surface area contributed by atoms with Crippen molar-refractivity contribution in [3.8, 4) is 0 Å².